The number of rotatable bonds is 3. The summed E-state index contributed by atoms with van der Waals surface area (Å²) in [5.74, 6) is 2.76. The molecule has 2 N–H and O–H groups in total. The molecule has 120 valence electrons. The SMILES string of the molecule is Cc1cc(N(C)c2ccc(C3CC4CCC3C4)cc2)ccc1N. The van der Waals surface area contributed by atoms with Gasteiger partial charge >= 0.3 is 0 Å². The lowest BCUT2D eigenvalue weighted by Crippen LogP contribution is -2.11. The molecular weight excluding hydrogens is 280 g/mol. The number of hydrogen-bond donors (Lipinski definition) is 1. The summed E-state index contributed by atoms with van der Waals surface area (Å²) >= 11 is 0. The third kappa shape index (κ3) is 2.60. The van der Waals surface area contributed by atoms with E-state index in [4.69, 9.17) is 5.73 Å². The molecule has 3 atom stereocenters. The zero-order valence-electron chi connectivity index (χ0n) is 14.1. The monoisotopic (exact) mass is 306 g/mol. The van der Waals surface area contributed by atoms with Gasteiger partial charge in [-0.05, 0) is 85.4 Å². The molecule has 2 aliphatic carbocycles. The summed E-state index contributed by atoms with van der Waals surface area (Å²) in [7, 11) is 2.12. The van der Waals surface area contributed by atoms with Gasteiger partial charge < -0.3 is 10.6 Å². The average molecular weight is 306 g/mol. The van der Waals surface area contributed by atoms with Gasteiger partial charge in [-0.1, -0.05) is 18.6 Å². The van der Waals surface area contributed by atoms with Crippen molar-refractivity contribution in [3.8, 4) is 0 Å². The number of hydrogen-bond acceptors (Lipinski definition) is 2. The maximum atomic E-state index is 5.93. The zero-order chi connectivity index (χ0) is 16.0. The van der Waals surface area contributed by atoms with Gasteiger partial charge in [0.05, 0.1) is 0 Å². The largest absolute Gasteiger partial charge is 0.399 e. The van der Waals surface area contributed by atoms with E-state index in [0.29, 0.717) is 0 Å². The molecule has 0 spiro atoms. The Hall–Kier alpha value is -1.96. The fraction of sp³-hybridized carbons (Fsp3) is 0.429. The Morgan fingerprint density at radius 1 is 0.957 bits per heavy atom. The van der Waals surface area contributed by atoms with E-state index >= 15 is 0 Å². The van der Waals surface area contributed by atoms with Gasteiger partial charge in [0.2, 0.25) is 0 Å². The van der Waals surface area contributed by atoms with Crippen molar-refractivity contribution in [2.75, 3.05) is 17.7 Å². The molecule has 2 aromatic rings. The number of fused-ring (bicyclic) bond motifs is 2. The van der Waals surface area contributed by atoms with Crippen molar-refractivity contribution in [2.45, 2.75) is 38.5 Å². The predicted molar refractivity (Wildman–Crippen MR) is 98.3 cm³/mol. The molecule has 2 bridgehead atoms. The second-order valence-corrected chi connectivity index (χ2v) is 7.47. The molecule has 2 aliphatic rings. The van der Waals surface area contributed by atoms with E-state index < -0.39 is 0 Å². The molecule has 0 heterocycles. The predicted octanol–water partition coefficient (Wildman–Crippen LogP) is 5.25. The van der Waals surface area contributed by atoms with E-state index in [-0.39, 0.29) is 0 Å². The first-order valence-corrected chi connectivity index (χ1v) is 8.81. The summed E-state index contributed by atoms with van der Waals surface area (Å²) in [5.41, 5.74) is 11.9. The Kier molecular flexibility index (Phi) is 3.56. The zero-order valence-corrected chi connectivity index (χ0v) is 14.1. The van der Waals surface area contributed by atoms with Crippen molar-refractivity contribution >= 4 is 17.1 Å². The van der Waals surface area contributed by atoms with Gasteiger partial charge in [-0.2, -0.15) is 0 Å². The maximum Gasteiger partial charge on any atom is 0.0412 e. The van der Waals surface area contributed by atoms with E-state index in [9.17, 15) is 0 Å². The second-order valence-electron chi connectivity index (χ2n) is 7.47. The normalized spacial score (nSPS) is 25.7. The van der Waals surface area contributed by atoms with E-state index in [1.807, 2.05) is 6.07 Å². The first-order valence-electron chi connectivity index (χ1n) is 8.81. The van der Waals surface area contributed by atoms with Crippen molar-refractivity contribution in [1.29, 1.82) is 0 Å². The third-order valence-corrected chi connectivity index (χ3v) is 6.09. The van der Waals surface area contributed by atoms with Crippen LogP contribution in [0.1, 0.15) is 42.7 Å². The lowest BCUT2D eigenvalue weighted by atomic mass is 9.83. The van der Waals surface area contributed by atoms with Crippen LogP contribution in [-0.4, -0.2) is 7.05 Å². The van der Waals surface area contributed by atoms with Gasteiger partial charge in [0.1, 0.15) is 0 Å². The lowest BCUT2D eigenvalue weighted by Gasteiger charge is -2.24. The van der Waals surface area contributed by atoms with Crippen molar-refractivity contribution in [1.82, 2.24) is 0 Å². The Morgan fingerprint density at radius 3 is 2.30 bits per heavy atom. The third-order valence-electron chi connectivity index (χ3n) is 6.09. The summed E-state index contributed by atoms with van der Waals surface area (Å²) < 4.78 is 0. The Labute approximate surface area is 139 Å². The van der Waals surface area contributed by atoms with Gasteiger partial charge in [-0.15, -0.1) is 0 Å². The summed E-state index contributed by atoms with van der Waals surface area (Å²) in [4.78, 5) is 2.23. The van der Waals surface area contributed by atoms with Crippen LogP contribution in [0.2, 0.25) is 0 Å². The number of anilines is 3. The van der Waals surface area contributed by atoms with Gasteiger partial charge in [0.25, 0.3) is 0 Å². The highest BCUT2D eigenvalue weighted by Crippen LogP contribution is 2.52. The first-order chi connectivity index (χ1) is 11.1. The fourth-order valence-corrected chi connectivity index (χ4v) is 4.62. The number of nitrogens with two attached hydrogens (primary N) is 1. The van der Waals surface area contributed by atoms with Crippen molar-refractivity contribution in [3.63, 3.8) is 0 Å². The van der Waals surface area contributed by atoms with Crippen LogP contribution >= 0.6 is 0 Å². The molecule has 0 amide bonds. The minimum atomic E-state index is 0.812. The smallest absolute Gasteiger partial charge is 0.0412 e. The standard InChI is InChI=1S/C21H26N2/c1-14-11-19(9-10-21(14)22)23(2)18-7-5-16(6-8-18)20-13-15-3-4-17(20)12-15/h5-11,15,17,20H,3-4,12-13,22H2,1-2H3. The highest BCUT2D eigenvalue weighted by Gasteiger charge is 2.39. The van der Waals surface area contributed by atoms with Gasteiger partial charge in [-0.3, -0.25) is 0 Å². The van der Waals surface area contributed by atoms with Crippen molar-refractivity contribution in [2.24, 2.45) is 11.8 Å². The van der Waals surface area contributed by atoms with Crippen LogP contribution in [0.15, 0.2) is 42.5 Å². The minimum Gasteiger partial charge on any atom is -0.399 e. The highest BCUT2D eigenvalue weighted by molar-refractivity contribution is 5.66. The molecule has 2 heteroatoms. The maximum absolute atomic E-state index is 5.93. The average Bonchev–Trinajstić information content (AvgIpc) is 3.20. The molecule has 0 aliphatic heterocycles. The highest BCUT2D eigenvalue weighted by atomic mass is 15.1. The van der Waals surface area contributed by atoms with E-state index in [0.717, 1.165) is 29.0 Å². The first kappa shape index (κ1) is 14.6. The molecule has 0 radical (unpaired) electrons. The molecule has 2 fully saturated rings. The molecule has 2 aromatic carbocycles. The van der Waals surface area contributed by atoms with Crippen LogP contribution in [0.25, 0.3) is 0 Å². The van der Waals surface area contributed by atoms with Crippen LogP contribution in [0.5, 0.6) is 0 Å². The number of nitrogens with zero attached hydrogens (tertiary/aromatic N) is 1. The van der Waals surface area contributed by atoms with Gasteiger partial charge in [0, 0.05) is 24.1 Å². The number of aryl methyl sites for hydroxylation is 1. The quantitative estimate of drug-likeness (QED) is 0.785. The minimum absolute atomic E-state index is 0.812. The van der Waals surface area contributed by atoms with Crippen molar-refractivity contribution in [3.05, 3.63) is 53.6 Å². The van der Waals surface area contributed by atoms with Crippen LogP contribution in [0.3, 0.4) is 0 Å². The Bertz CT molecular complexity index is 704. The van der Waals surface area contributed by atoms with E-state index in [1.165, 1.54) is 37.1 Å². The van der Waals surface area contributed by atoms with E-state index in [2.05, 4.69) is 55.3 Å². The van der Waals surface area contributed by atoms with Crippen LogP contribution in [0, 0.1) is 18.8 Å². The second kappa shape index (κ2) is 5.59. The van der Waals surface area contributed by atoms with Crippen LogP contribution in [-0.2, 0) is 0 Å². The molecule has 0 saturated heterocycles. The van der Waals surface area contributed by atoms with Crippen LogP contribution < -0.4 is 10.6 Å². The van der Waals surface area contributed by atoms with Gasteiger partial charge in [-0.25, -0.2) is 0 Å². The topological polar surface area (TPSA) is 29.3 Å². The molecule has 4 rings (SSSR count). The summed E-state index contributed by atoms with van der Waals surface area (Å²) in [5, 5.41) is 0. The number of benzene rings is 2. The summed E-state index contributed by atoms with van der Waals surface area (Å²) in [6.45, 7) is 2.06. The summed E-state index contributed by atoms with van der Waals surface area (Å²) in [6, 6.07) is 15.5. The summed E-state index contributed by atoms with van der Waals surface area (Å²) in [6.07, 6.45) is 5.80. The molecular formula is C21H26N2. The van der Waals surface area contributed by atoms with Crippen LogP contribution in [0.4, 0.5) is 17.1 Å². The Morgan fingerprint density at radius 2 is 1.70 bits per heavy atom. The van der Waals surface area contributed by atoms with Crippen molar-refractivity contribution < 1.29 is 0 Å². The molecule has 23 heavy (non-hydrogen) atoms. The molecule has 0 aromatic heterocycles. The number of nitrogen functional groups attached to an aromatic ring is 1. The fourth-order valence-electron chi connectivity index (χ4n) is 4.62. The molecule has 3 unspecified atom stereocenters. The Balaban J connectivity index is 1.54. The van der Waals surface area contributed by atoms with E-state index in [1.54, 1.807) is 5.56 Å². The van der Waals surface area contributed by atoms with Gasteiger partial charge in [0.15, 0.2) is 0 Å². The molecule has 2 nitrogen and oxygen atoms in total. The molecule has 2 saturated carbocycles. The lowest BCUT2D eigenvalue weighted by molar-refractivity contribution is 0.420.